The third kappa shape index (κ3) is 4.21. The van der Waals surface area contributed by atoms with E-state index in [1.54, 1.807) is 25.3 Å². The molecule has 1 aromatic heterocycles. The minimum Gasteiger partial charge on any atom is -0.484 e. The van der Waals surface area contributed by atoms with Crippen molar-refractivity contribution in [3.8, 4) is 5.75 Å². The van der Waals surface area contributed by atoms with Gasteiger partial charge in [-0.05, 0) is 61.0 Å². The van der Waals surface area contributed by atoms with Gasteiger partial charge in [-0.3, -0.25) is 4.79 Å². The van der Waals surface area contributed by atoms with E-state index in [1.165, 1.54) is 0 Å². The Morgan fingerprint density at radius 2 is 2.04 bits per heavy atom. The first-order chi connectivity index (χ1) is 11.3. The zero-order valence-corrected chi connectivity index (χ0v) is 16.6. The Morgan fingerprint density at radius 1 is 1.33 bits per heavy atom. The largest absolute Gasteiger partial charge is 0.484 e. The van der Waals surface area contributed by atoms with Crippen LogP contribution in [-0.4, -0.2) is 30.7 Å². The van der Waals surface area contributed by atoms with E-state index < -0.39 is 0 Å². The maximum atomic E-state index is 12.6. The molecule has 1 heterocycles. The van der Waals surface area contributed by atoms with Gasteiger partial charge < -0.3 is 14.0 Å². The number of hydrogen-bond acceptors (Lipinski definition) is 3. The predicted octanol–water partition coefficient (Wildman–Crippen LogP) is 4.99. The summed E-state index contributed by atoms with van der Waals surface area (Å²) >= 11 is 9.29. The molecule has 4 nitrogen and oxygen atoms in total. The lowest BCUT2D eigenvalue weighted by Gasteiger charge is -2.17. The molecule has 0 aliphatic heterocycles. The Balaban J connectivity index is 2.14. The number of hydrogen-bond donors (Lipinski definition) is 0. The van der Waals surface area contributed by atoms with Crippen molar-refractivity contribution < 1.29 is 14.3 Å². The Hall–Kier alpha value is -1.30. The average Bonchev–Trinajstić information content (AvgIpc) is 2.81. The van der Waals surface area contributed by atoms with E-state index in [0.717, 1.165) is 15.9 Å². The van der Waals surface area contributed by atoms with Gasteiger partial charge in [-0.2, -0.15) is 0 Å². The van der Waals surface area contributed by atoms with Crippen molar-refractivity contribution >= 4 is 33.3 Å². The summed E-state index contributed by atoms with van der Waals surface area (Å²) in [7, 11) is 1.68. The van der Waals surface area contributed by atoms with Crippen LogP contribution in [0.4, 0.5) is 0 Å². The highest BCUT2D eigenvalue weighted by atomic mass is 79.9. The Labute approximate surface area is 155 Å². The molecule has 1 aromatic carbocycles. The van der Waals surface area contributed by atoms with Gasteiger partial charge in [0.1, 0.15) is 5.75 Å². The number of Topliss-reactive ketones (excluding diaryl/α,β-unsaturated/α-hetero) is 1. The summed E-state index contributed by atoms with van der Waals surface area (Å²) < 4.78 is 13.7. The van der Waals surface area contributed by atoms with E-state index in [-0.39, 0.29) is 18.4 Å². The molecule has 0 radical (unpaired) electrons. The SMILES string of the molecule is COCC(C)n1c(C)cc(C(=O)COc2ccc(Cl)cc2Br)c1C. The molecule has 2 aromatic rings. The molecule has 0 aliphatic carbocycles. The second-order valence-electron chi connectivity index (χ2n) is 5.75. The van der Waals surface area contributed by atoms with Gasteiger partial charge >= 0.3 is 0 Å². The molecule has 0 fully saturated rings. The van der Waals surface area contributed by atoms with Crippen molar-refractivity contribution in [2.45, 2.75) is 26.8 Å². The summed E-state index contributed by atoms with van der Waals surface area (Å²) in [6.07, 6.45) is 0. The molecule has 24 heavy (non-hydrogen) atoms. The van der Waals surface area contributed by atoms with Crippen LogP contribution in [0.3, 0.4) is 0 Å². The molecule has 6 heteroatoms. The van der Waals surface area contributed by atoms with Crippen LogP contribution in [-0.2, 0) is 4.74 Å². The fourth-order valence-electron chi connectivity index (χ4n) is 2.87. The number of aromatic nitrogens is 1. The minimum absolute atomic E-state index is 0.0246. The van der Waals surface area contributed by atoms with Crippen molar-refractivity contribution in [2.24, 2.45) is 0 Å². The van der Waals surface area contributed by atoms with Gasteiger partial charge in [0.15, 0.2) is 6.61 Å². The highest BCUT2D eigenvalue weighted by Crippen LogP contribution is 2.28. The first-order valence-electron chi connectivity index (χ1n) is 7.63. The summed E-state index contributed by atoms with van der Waals surface area (Å²) in [5.74, 6) is 0.537. The number of carbonyl (C=O) groups is 1. The van der Waals surface area contributed by atoms with Crippen LogP contribution in [0, 0.1) is 13.8 Å². The molecule has 0 spiro atoms. The van der Waals surface area contributed by atoms with E-state index in [2.05, 4.69) is 27.4 Å². The number of carbonyl (C=O) groups excluding carboxylic acids is 1. The summed E-state index contributed by atoms with van der Waals surface area (Å²) in [6.45, 7) is 6.58. The molecule has 1 atom stereocenters. The molecular formula is C18H21BrClNO3. The number of halogens is 2. The van der Waals surface area contributed by atoms with Crippen LogP contribution < -0.4 is 4.74 Å². The lowest BCUT2D eigenvalue weighted by atomic mass is 10.1. The van der Waals surface area contributed by atoms with Gasteiger partial charge in [-0.1, -0.05) is 11.6 Å². The van der Waals surface area contributed by atoms with E-state index in [4.69, 9.17) is 21.1 Å². The second kappa shape index (κ2) is 8.19. The van der Waals surface area contributed by atoms with Crippen LogP contribution in [0.2, 0.25) is 5.02 Å². The highest BCUT2D eigenvalue weighted by Gasteiger charge is 2.19. The quantitative estimate of drug-likeness (QED) is 0.599. The average molecular weight is 415 g/mol. The summed E-state index contributed by atoms with van der Waals surface area (Å²) in [5.41, 5.74) is 2.65. The maximum absolute atomic E-state index is 12.6. The van der Waals surface area contributed by atoms with E-state index in [9.17, 15) is 4.79 Å². The molecule has 1 unspecified atom stereocenters. The highest BCUT2D eigenvalue weighted by molar-refractivity contribution is 9.10. The van der Waals surface area contributed by atoms with Gasteiger partial charge in [-0.15, -0.1) is 0 Å². The van der Waals surface area contributed by atoms with Gasteiger partial charge in [0, 0.05) is 29.1 Å². The molecule has 130 valence electrons. The van der Waals surface area contributed by atoms with Gasteiger partial charge in [-0.25, -0.2) is 0 Å². The molecule has 0 saturated heterocycles. The zero-order chi connectivity index (χ0) is 17.9. The summed E-state index contributed by atoms with van der Waals surface area (Å²) in [4.78, 5) is 12.6. The molecular weight excluding hydrogens is 394 g/mol. The number of benzene rings is 1. The van der Waals surface area contributed by atoms with Crippen molar-refractivity contribution in [2.75, 3.05) is 20.3 Å². The van der Waals surface area contributed by atoms with Crippen molar-refractivity contribution in [3.63, 3.8) is 0 Å². The van der Waals surface area contributed by atoms with Crippen LogP contribution in [0.15, 0.2) is 28.7 Å². The van der Waals surface area contributed by atoms with E-state index >= 15 is 0 Å². The van der Waals surface area contributed by atoms with Crippen molar-refractivity contribution in [1.29, 1.82) is 0 Å². The van der Waals surface area contributed by atoms with Gasteiger partial charge in [0.25, 0.3) is 0 Å². The zero-order valence-electron chi connectivity index (χ0n) is 14.2. The summed E-state index contributed by atoms with van der Waals surface area (Å²) in [5, 5.41) is 0.608. The Bertz CT molecular complexity index is 742. The molecule has 0 N–H and O–H groups in total. The number of methoxy groups -OCH3 is 1. The van der Waals surface area contributed by atoms with Gasteiger partial charge in [0.05, 0.1) is 17.1 Å². The number of rotatable bonds is 7. The number of aryl methyl sites for hydroxylation is 1. The number of ether oxygens (including phenoxy) is 2. The number of ketones is 1. The van der Waals surface area contributed by atoms with E-state index in [0.29, 0.717) is 22.9 Å². The number of nitrogens with zero attached hydrogens (tertiary/aromatic N) is 1. The lowest BCUT2D eigenvalue weighted by Crippen LogP contribution is -2.16. The minimum atomic E-state index is -0.0548. The molecule has 0 amide bonds. The third-order valence-corrected chi connectivity index (χ3v) is 4.74. The van der Waals surface area contributed by atoms with Gasteiger partial charge in [0.2, 0.25) is 5.78 Å². The molecule has 0 bridgehead atoms. The predicted molar refractivity (Wildman–Crippen MR) is 99.5 cm³/mol. The first-order valence-corrected chi connectivity index (χ1v) is 8.80. The monoisotopic (exact) mass is 413 g/mol. The van der Waals surface area contributed by atoms with Crippen molar-refractivity contribution in [3.05, 3.63) is 50.7 Å². The smallest absolute Gasteiger partial charge is 0.202 e. The lowest BCUT2D eigenvalue weighted by molar-refractivity contribution is 0.0920. The van der Waals surface area contributed by atoms with Crippen molar-refractivity contribution in [1.82, 2.24) is 4.57 Å². The van der Waals surface area contributed by atoms with E-state index in [1.807, 2.05) is 19.9 Å². The van der Waals surface area contributed by atoms with Crippen LogP contribution >= 0.6 is 27.5 Å². The van der Waals surface area contributed by atoms with Crippen LogP contribution in [0.25, 0.3) is 0 Å². The first kappa shape index (κ1) is 19.0. The van der Waals surface area contributed by atoms with Crippen LogP contribution in [0.1, 0.15) is 34.7 Å². The summed E-state index contributed by atoms with van der Waals surface area (Å²) in [6, 6.07) is 7.28. The molecule has 0 aliphatic rings. The fourth-order valence-corrected chi connectivity index (χ4v) is 3.66. The fraction of sp³-hybridized carbons (Fsp3) is 0.389. The topological polar surface area (TPSA) is 40.5 Å². The second-order valence-corrected chi connectivity index (χ2v) is 7.04. The molecule has 2 rings (SSSR count). The Morgan fingerprint density at radius 3 is 2.67 bits per heavy atom. The Kier molecular flexibility index (Phi) is 6.49. The maximum Gasteiger partial charge on any atom is 0.202 e. The third-order valence-electron chi connectivity index (χ3n) is 3.89. The standard InChI is InChI=1S/C18H21BrClNO3/c1-11-7-15(13(3)21(11)12(2)9-23-4)17(22)10-24-18-6-5-14(20)8-16(18)19/h5-8,12H,9-10H2,1-4H3. The molecule has 0 saturated carbocycles. The normalized spacial score (nSPS) is 12.2. The van der Waals surface area contributed by atoms with Crippen LogP contribution in [0.5, 0.6) is 5.75 Å².